The molecule has 0 aliphatic rings. The summed E-state index contributed by atoms with van der Waals surface area (Å²) >= 11 is 0. The normalized spacial score (nSPS) is 10.4. The van der Waals surface area contributed by atoms with Crippen LogP contribution in [0.1, 0.15) is 76.5 Å². The van der Waals surface area contributed by atoms with Crippen molar-refractivity contribution in [2.24, 2.45) is 5.73 Å². The number of anilines is 1. The first kappa shape index (κ1) is 27.5. The van der Waals surface area contributed by atoms with E-state index in [1.165, 1.54) is 50.5 Å². The minimum Gasteiger partial charge on any atom is -0.384 e. The van der Waals surface area contributed by atoms with Gasteiger partial charge in [-0.1, -0.05) is 101 Å². The second-order valence-corrected chi connectivity index (χ2v) is 8.79. The molecule has 1 heterocycles. The van der Waals surface area contributed by atoms with E-state index in [1.54, 1.807) is 6.33 Å². The highest BCUT2D eigenvalue weighted by atomic mass is 14.9. The number of aryl methyl sites for hydroxylation is 2. The third-order valence-corrected chi connectivity index (χ3v) is 5.83. The second-order valence-electron chi connectivity index (χ2n) is 8.79. The highest BCUT2D eigenvalue weighted by Crippen LogP contribution is 2.20. The van der Waals surface area contributed by atoms with Crippen molar-refractivity contribution in [3.8, 4) is 11.3 Å². The molecule has 0 fully saturated rings. The SMILES string of the molecule is CCCCCCCCC.NCCNc1ccc(-c2cc(CCCc3ccccc3)ncn2)cc1. The van der Waals surface area contributed by atoms with Gasteiger partial charge in [-0.25, -0.2) is 9.97 Å². The second kappa shape index (κ2) is 17.7. The van der Waals surface area contributed by atoms with Crippen LogP contribution in [0.15, 0.2) is 67.0 Å². The molecule has 2 aromatic carbocycles. The average Bonchev–Trinajstić information content (AvgIpc) is 2.89. The van der Waals surface area contributed by atoms with Crippen molar-refractivity contribution < 1.29 is 0 Å². The van der Waals surface area contributed by atoms with E-state index >= 15 is 0 Å². The van der Waals surface area contributed by atoms with E-state index in [1.807, 2.05) is 0 Å². The molecule has 0 radical (unpaired) electrons. The average molecular weight is 461 g/mol. The standard InChI is InChI=1S/C21H24N4.C9H20/c22-13-14-23-19-11-9-18(10-12-19)21-15-20(24-16-25-21)8-4-7-17-5-2-1-3-6-17;1-3-5-7-9-8-6-4-2/h1-3,5-6,9-12,15-16,23H,4,7-8,13-14,22H2;3-9H2,1-2H3. The molecule has 184 valence electrons. The zero-order valence-corrected chi connectivity index (χ0v) is 21.3. The maximum atomic E-state index is 5.51. The Morgan fingerprint density at radius 1 is 0.735 bits per heavy atom. The van der Waals surface area contributed by atoms with Crippen molar-refractivity contribution in [1.29, 1.82) is 0 Å². The predicted octanol–water partition coefficient (Wildman–Crippen LogP) is 7.45. The highest BCUT2D eigenvalue weighted by molar-refractivity contribution is 5.62. The number of nitrogens with two attached hydrogens (primary N) is 1. The molecule has 4 heteroatoms. The van der Waals surface area contributed by atoms with Crippen molar-refractivity contribution in [2.45, 2.75) is 78.1 Å². The first-order valence-corrected chi connectivity index (χ1v) is 13.2. The van der Waals surface area contributed by atoms with E-state index in [9.17, 15) is 0 Å². The molecule has 0 aliphatic heterocycles. The minimum absolute atomic E-state index is 0.625. The van der Waals surface area contributed by atoms with Crippen LogP contribution < -0.4 is 11.1 Å². The predicted molar refractivity (Wildman–Crippen MR) is 147 cm³/mol. The lowest BCUT2D eigenvalue weighted by atomic mass is 10.1. The van der Waals surface area contributed by atoms with Crippen LogP contribution in [0.5, 0.6) is 0 Å². The minimum atomic E-state index is 0.625. The third kappa shape index (κ3) is 11.4. The number of rotatable bonds is 14. The highest BCUT2D eigenvalue weighted by Gasteiger charge is 2.03. The van der Waals surface area contributed by atoms with E-state index in [0.717, 1.165) is 48.4 Å². The Morgan fingerprint density at radius 2 is 1.41 bits per heavy atom. The fourth-order valence-corrected chi connectivity index (χ4v) is 3.82. The molecule has 1 aromatic heterocycles. The summed E-state index contributed by atoms with van der Waals surface area (Å²) in [7, 11) is 0. The Balaban J connectivity index is 0.000000387. The third-order valence-electron chi connectivity index (χ3n) is 5.83. The Labute approximate surface area is 207 Å². The van der Waals surface area contributed by atoms with Gasteiger partial charge in [-0.05, 0) is 43.0 Å². The number of hydrogen-bond acceptors (Lipinski definition) is 4. The van der Waals surface area contributed by atoms with Crippen molar-refractivity contribution in [1.82, 2.24) is 9.97 Å². The van der Waals surface area contributed by atoms with Crippen molar-refractivity contribution in [2.75, 3.05) is 18.4 Å². The number of benzene rings is 2. The van der Waals surface area contributed by atoms with Gasteiger partial charge in [0.05, 0.1) is 5.69 Å². The fourth-order valence-electron chi connectivity index (χ4n) is 3.82. The van der Waals surface area contributed by atoms with E-state index < -0.39 is 0 Å². The molecule has 0 bridgehead atoms. The summed E-state index contributed by atoms with van der Waals surface area (Å²) in [6.45, 7) is 5.93. The Morgan fingerprint density at radius 3 is 2.06 bits per heavy atom. The quantitative estimate of drug-likeness (QED) is 0.245. The molecule has 3 aromatic rings. The number of nitrogens with zero attached hydrogens (tertiary/aromatic N) is 2. The monoisotopic (exact) mass is 460 g/mol. The van der Waals surface area contributed by atoms with Crippen LogP contribution in [0.25, 0.3) is 11.3 Å². The van der Waals surface area contributed by atoms with Crippen molar-refractivity contribution in [3.05, 3.63) is 78.2 Å². The molecule has 0 amide bonds. The van der Waals surface area contributed by atoms with Gasteiger partial charge in [0.15, 0.2) is 0 Å². The zero-order chi connectivity index (χ0) is 24.3. The van der Waals surface area contributed by atoms with Gasteiger partial charge in [0.25, 0.3) is 0 Å². The maximum absolute atomic E-state index is 5.51. The number of aromatic nitrogens is 2. The first-order valence-electron chi connectivity index (χ1n) is 13.2. The lowest BCUT2D eigenvalue weighted by molar-refractivity contribution is 0.602. The molecular formula is C30H44N4. The largest absolute Gasteiger partial charge is 0.384 e. The first-order chi connectivity index (χ1) is 16.8. The smallest absolute Gasteiger partial charge is 0.116 e. The fraction of sp³-hybridized carbons (Fsp3) is 0.467. The van der Waals surface area contributed by atoms with Crippen molar-refractivity contribution in [3.63, 3.8) is 0 Å². The molecule has 0 saturated heterocycles. The van der Waals surface area contributed by atoms with E-state index in [-0.39, 0.29) is 0 Å². The summed E-state index contributed by atoms with van der Waals surface area (Å²) in [6, 6.07) is 20.9. The van der Waals surface area contributed by atoms with Gasteiger partial charge in [-0.15, -0.1) is 0 Å². The molecule has 0 atom stereocenters. The Bertz CT molecular complexity index is 872. The van der Waals surface area contributed by atoms with Crippen LogP contribution >= 0.6 is 0 Å². The Hall–Kier alpha value is -2.72. The number of hydrogen-bond donors (Lipinski definition) is 2. The number of unbranched alkanes of at least 4 members (excludes halogenated alkanes) is 6. The van der Waals surface area contributed by atoms with Crippen LogP contribution in [-0.4, -0.2) is 23.1 Å². The molecule has 0 unspecified atom stereocenters. The van der Waals surface area contributed by atoms with Crippen LogP contribution in [0, 0.1) is 0 Å². The summed E-state index contributed by atoms with van der Waals surface area (Å²) in [5, 5.41) is 3.27. The lowest BCUT2D eigenvalue weighted by Gasteiger charge is -2.07. The topological polar surface area (TPSA) is 63.8 Å². The summed E-state index contributed by atoms with van der Waals surface area (Å²) in [5.41, 5.74) is 11.1. The van der Waals surface area contributed by atoms with Gasteiger partial charge >= 0.3 is 0 Å². The van der Waals surface area contributed by atoms with Crippen molar-refractivity contribution >= 4 is 5.69 Å². The molecule has 4 nitrogen and oxygen atoms in total. The van der Waals surface area contributed by atoms with Gasteiger partial charge in [0.2, 0.25) is 0 Å². The lowest BCUT2D eigenvalue weighted by Crippen LogP contribution is -2.12. The van der Waals surface area contributed by atoms with Gasteiger partial charge in [-0.3, -0.25) is 0 Å². The van der Waals surface area contributed by atoms with Crippen LogP contribution in [-0.2, 0) is 12.8 Å². The molecule has 34 heavy (non-hydrogen) atoms. The van der Waals surface area contributed by atoms with Gasteiger partial charge in [-0.2, -0.15) is 0 Å². The van der Waals surface area contributed by atoms with Gasteiger partial charge in [0.1, 0.15) is 6.33 Å². The molecule has 0 spiro atoms. The van der Waals surface area contributed by atoms with E-state index in [4.69, 9.17) is 5.73 Å². The van der Waals surface area contributed by atoms with Crippen LogP contribution in [0.2, 0.25) is 0 Å². The van der Waals surface area contributed by atoms with Crippen LogP contribution in [0.3, 0.4) is 0 Å². The molecular weight excluding hydrogens is 416 g/mol. The van der Waals surface area contributed by atoms with E-state index in [2.05, 4.69) is 89.8 Å². The Kier molecular flexibility index (Phi) is 14.3. The zero-order valence-electron chi connectivity index (χ0n) is 21.3. The molecule has 0 saturated carbocycles. The summed E-state index contributed by atoms with van der Waals surface area (Å²) < 4.78 is 0. The van der Waals surface area contributed by atoms with Gasteiger partial charge < -0.3 is 11.1 Å². The molecule has 0 aliphatic carbocycles. The molecule has 3 N–H and O–H groups in total. The summed E-state index contributed by atoms with van der Waals surface area (Å²) in [6.07, 6.45) is 14.7. The summed E-state index contributed by atoms with van der Waals surface area (Å²) in [5.74, 6) is 0. The van der Waals surface area contributed by atoms with Gasteiger partial charge in [0, 0.05) is 30.0 Å². The number of nitrogens with one attached hydrogen (secondary N) is 1. The van der Waals surface area contributed by atoms with Crippen LogP contribution in [0.4, 0.5) is 5.69 Å². The van der Waals surface area contributed by atoms with E-state index in [0.29, 0.717) is 6.54 Å². The summed E-state index contributed by atoms with van der Waals surface area (Å²) in [4.78, 5) is 8.83. The molecule has 3 rings (SSSR count). The maximum Gasteiger partial charge on any atom is 0.116 e.